The fourth-order valence-corrected chi connectivity index (χ4v) is 4.68. The summed E-state index contributed by atoms with van der Waals surface area (Å²) in [6.07, 6.45) is -4.71. The van der Waals surface area contributed by atoms with Gasteiger partial charge in [-0.25, -0.2) is 0 Å². The van der Waals surface area contributed by atoms with Gasteiger partial charge in [0.1, 0.15) is 24.4 Å². The molecule has 3 aliphatic rings. The second-order valence-corrected chi connectivity index (χ2v) is 9.36. The van der Waals surface area contributed by atoms with Gasteiger partial charge in [-0.3, -0.25) is 0 Å². The highest BCUT2D eigenvalue weighted by Gasteiger charge is 2.48. The van der Waals surface area contributed by atoms with E-state index in [0.29, 0.717) is 12.3 Å². The molecule has 12 atom stereocenters. The zero-order valence-corrected chi connectivity index (χ0v) is 18.5. The quantitative estimate of drug-likeness (QED) is 0.224. The molecule has 2 heterocycles. The predicted molar refractivity (Wildman–Crippen MR) is 112 cm³/mol. The summed E-state index contributed by atoms with van der Waals surface area (Å²) in [4.78, 5) is 0. The molecule has 11 nitrogen and oxygen atoms in total. The number of nitrogens with one attached hydrogen (secondary N) is 1. The summed E-state index contributed by atoms with van der Waals surface area (Å²) < 4.78 is 23.5. The molecule has 182 valence electrons. The van der Waals surface area contributed by atoms with E-state index in [9.17, 15) is 15.3 Å². The van der Waals surface area contributed by atoms with Crippen molar-refractivity contribution in [2.75, 3.05) is 13.7 Å². The van der Waals surface area contributed by atoms with E-state index in [4.69, 9.17) is 36.1 Å². The lowest BCUT2D eigenvalue weighted by atomic mass is 9.84. The summed E-state index contributed by atoms with van der Waals surface area (Å²) in [7, 11) is 1.63. The molecule has 10 N–H and O–H groups in total. The number of aliphatic hydroxyl groups is 3. The molecule has 11 heteroatoms. The highest BCUT2D eigenvalue weighted by molar-refractivity contribution is 5.00. The van der Waals surface area contributed by atoms with Crippen molar-refractivity contribution in [1.82, 2.24) is 5.32 Å². The molecule has 0 spiro atoms. The fraction of sp³-hybridized carbons (Fsp3) is 1.00. The van der Waals surface area contributed by atoms with E-state index in [1.54, 1.807) is 7.05 Å². The number of hydrogen-bond acceptors (Lipinski definition) is 11. The van der Waals surface area contributed by atoms with E-state index in [1.807, 2.05) is 0 Å². The monoisotopic (exact) mass is 448 g/mol. The van der Waals surface area contributed by atoms with Crippen molar-refractivity contribution in [1.29, 1.82) is 0 Å². The number of rotatable bonds is 6. The van der Waals surface area contributed by atoms with Crippen molar-refractivity contribution in [2.24, 2.45) is 23.1 Å². The number of nitrogens with two attached hydrogens (primary N) is 3. The fourth-order valence-electron chi connectivity index (χ4n) is 4.68. The standard InChI is InChI=1S/C20H40N4O7/c1-8(2)13-5-4-9(21)19(29-13)30-17-10(22)6-11(23)18(16(17)27)31-20-15(26)14(24-3)12(25)7-28-20/h8-20,24-27H,4-7,21-23H2,1-3H3/t9?,10?,11?,12-,13?,14?,15?,16?,17?,18?,19-,20-/m0/s1. The Morgan fingerprint density at radius 2 is 1.52 bits per heavy atom. The topological polar surface area (TPSA) is 188 Å². The van der Waals surface area contributed by atoms with Gasteiger partial charge in [0, 0.05) is 12.1 Å². The summed E-state index contributed by atoms with van der Waals surface area (Å²) in [5.74, 6) is 0.313. The number of likely N-dealkylation sites (N-methyl/N-ethyl adjacent to an activating group) is 1. The molecule has 2 saturated heterocycles. The molecule has 0 aromatic rings. The lowest BCUT2D eigenvalue weighted by Crippen LogP contribution is -2.67. The van der Waals surface area contributed by atoms with E-state index in [0.717, 1.165) is 12.8 Å². The third kappa shape index (κ3) is 5.56. The smallest absolute Gasteiger partial charge is 0.185 e. The van der Waals surface area contributed by atoms with Crippen LogP contribution in [0.2, 0.25) is 0 Å². The Bertz CT molecular complexity index is 558. The molecule has 31 heavy (non-hydrogen) atoms. The van der Waals surface area contributed by atoms with Crippen LogP contribution in [0.4, 0.5) is 0 Å². The molecule has 1 saturated carbocycles. The lowest BCUT2D eigenvalue weighted by Gasteiger charge is -2.47. The average molecular weight is 449 g/mol. The first-order valence-electron chi connectivity index (χ1n) is 11.2. The summed E-state index contributed by atoms with van der Waals surface area (Å²) in [6.45, 7) is 4.13. The van der Waals surface area contributed by atoms with Gasteiger partial charge in [0.05, 0.1) is 30.9 Å². The van der Waals surface area contributed by atoms with Crippen LogP contribution in [0.1, 0.15) is 33.1 Å². The Morgan fingerprint density at radius 3 is 2.10 bits per heavy atom. The van der Waals surface area contributed by atoms with Gasteiger partial charge < -0.3 is 56.8 Å². The largest absolute Gasteiger partial charge is 0.389 e. The van der Waals surface area contributed by atoms with Crippen LogP contribution in [0.3, 0.4) is 0 Å². The van der Waals surface area contributed by atoms with Crippen molar-refractivity contribution >= 4 is 0 Å². The second-order valence-electron chi connectivity index (χ2n) is 9.36. The van der Waals surface area contributed by atoms with E-state index >= 15 is 0 Å². The van der Waals surface area contributed by atoms with E-state index in [2.05, 4.69) is 19.2 Å². The Hall–Kier alpha value is -0.440. The molecule has 0 aromatic heterocycles. The van der Waals surface area contributed by atoms with Crippen LogP contribution >= 0.6 is 0 Å². The number of ether oxygens (including phenoxy) is 4. The minimum Gasteiger partial charge on any atom is -0.389 e. The Labute approximate surface area is 183 Å². The van der Waals surface area contributed by atoms with Gasteiger partial charge in [0.25, 0.3) is 0 Å². The molecule has 0 radical (unpaired) electrons. The third-order valence-electron chi connectivity index (χ3n) is 6.66. The molecule has 1 aliphatic carbocycles. The molecule has 0 amide bonds. The van der Waals surface area contributed by atoms with E-state index < -0.39 is 61.2 Å². The van der Waals surface area contributed by atoms with E-state index in [-0.39, 0.29) is 18.8 Å². The first kappa shape index (κ1) is 25.2. The van der Waals surface area contributed by atoms with Crippen molar-refractivity contribution in [3.63, 3.8) is 0 Å². The zero-order chi connectivity index (χ0) is 22.9. The van der Waals surface area contributed by atoms with Crippen LogP contribution in [0, 0.1) is 5.92 Å². The Kier molecular flexibility index (Phi) is 8.66. The van der Waals surface area contributed by atoms with Crippen LogP contribution in [-0.2, 0) is 18.9 Å². The Balaban J connectivity index is 1.67. The second kappa shape index (κ2) is 10.7. The molecule has 0 aromatic carbocycles. The number of aliphatic hydroxyl groups excluding tert-OH is 3. The molecule has 3 rings (SSSR count). The lowest BCUT2D eigenvalue weighted by molar-refractivity contribution is -0.298. The highest BCUT2D eigenvalue weighted by Crippen LogP contribution is 2.31. The maximum absolute atomic E-state index is 11.0. The molecule has 0 bridgehead atoms. The molecule has 2 aliphatic heterocycles. The van der Waals surface area contributed by atoms with Gasteiger partial charge in [0.2, 0.25) is 0 Å². The molecular weight excluding hydrogens is 408 g/mol. The maximum atomic E-state index is 11.0. The third-order valence-corrected chi connectivity index (χ3v) is 6.66. The van der Waals surface area contributed by atoms with Crippen LogP contribution in [0.25, 0.3) is 0 Å². The van der Waals surface area contributed by atoms with Gasteiger partial charge >= 0.3 is 0 Å². The van der Waals surface area contributed by atoms with Gasteiger partial charge in [-0.1, -0.05) is 13.8 Å². The zero-order valence-electron chi connectivity index (χ0n) is 18.5. The van der Waals surface area contributed by atoms with E-state index in [1.165, 1.54) is 0 Å². The summed E-state index contributed by atoms with van der Waals surface area (Å²) in [5.41, 5.74) is 18.7. The normalized spacial score (nSPS) is 49.4. The minimum atomic E-state index is -1.18. The molecular formula is C20H40N4O7. The summed E-state index contributed by atoms with van der Waals surface area (Å²) in [6, 6.07) is -2.09. The highest BCUT2D eigenvalue weighted by atomic mass is 16.7. The van der Waals surface area contributed by atoms with Gasteiger partial charge in [0.15, 0.2) is 12.6 Å². The van der Waals surface area contributed by atoms with Gasteiger partial charge in [-0.15, -0.1) is 0 Å². The minimum absolute atomic E-state index is 0.0201. The van der Waals surface area contributed by atoms with Crippen molar-refractivity contribution in [3.05, 3.63) is 0 Å². The summed E-state index contributed by atoms with van der Waals surface area (Å²) in [5, 5.41) is 34.4. The van der Waals surface area contributed by atoms with Crippen LogP contribution < -0.4 is 22.5 Å². The SMILES string of the molecule is CNC1C(O)[C@H](OC2C(N)CC(N)C(O[C@@H]3OC(C(C)C)CCC3N)C2O)OC[C@@H]1O. The first-order chi connectivity index (χ1) is 14.6. The van der Waals surface area contributed by atoms with Crippen molar-refractivity contribution in [2.45, 2.75) is 106 Å². The van der Waals surface area contributed by atoms with Gasteiger partial charge in [-0.05, 0) is 32.2 Å². The van der Waals surface area contributed by atoms with Crippen LogP contribution in [0.5, 0.6) is 0 Å². The summed E-state index contributed by atoms with van der Waals surface area (Å²) >= 11 is 0. The number of hydrogen-bond donors (Lipinski definition) is 7. The van der Waals surface area contributed by atoms with Crippen LogP contribution in [-0.4, -0.2) is 102 Å². The average Bonchev–Trinajstić information content (AvgIpc) is 2.71. The van der Waals surface area contributed by atoms with Crippen LogP contribution in [0.15, 0.2) is 0 Å². The maximum Gasteiger partial charge on any atom is 0.185 e. The predicted octanol–water partition coefficient (Wildman–Crippen LogP) is -2.67. The van der Waals surface area contributed by atoms with Gasteiger partial charge in [-0.2, -0.15) is 0 Å². The first-order valence-corrected chi connectivity index (χ1v) is 11.2. The van der Waals surface area contributed by atoms with Crippen molar-refractivity contribution < 1.29 is 34.3 Å². The van der Waals surface area contributed by atoms with Crippen molar-refractivity contribution in [3.8, 4) is 0 Å². The molecule has 9 unspecified atom stereocenters. The molecule has 3 fully saturated rings. The Morgan fingerprint density at radius 1 is 0.903 bits per heavy atom.